The summed E-state index contributed by atoms with van der Waals surface area (Å²) in [4.78, 5) is 7.17. The van der Waals surface area contributed by atoms with Crippen molar-refractivity contribution >= 4 is 38.6 Å². The summed E-state index contributed by atoms with van der Waals surface area (Å²) in [5.74, 6) is 0. The fourth-order valence-corrected chi connectivity index (χ4v) is 3.77. The SMILES string of the molecule is Cc1nc(CCNCc2cc(Br)c(C)s2)cs1. The van der Waals surface area contributed by atoms with E-state index in [-0.39, 0.29) is 0 Å². The normalized spacial score (nSPS) is 11.0. The molecule has 0 unspecified atom stereocenters. The molecular weight excluding hydrogens is 316 g/mol. The lowest BCUT2D eigenvalue weighted by Crippen LogP contribution is -2.16. The van der Waals surface area contributed by atoms with Crippen LogP contribution < -0.4 is 5.32 Å². The Kier molecular flexibility index (Phi) is 4.73. The summed E-state index contributed by atoms with van der Waals surface area (Å²) in [7, 11) is 0. The van der Waals surface area contributed by atoms with Gasteiger partial charge in [0.15, 0.2) is 0 Å². The zero-order chi connectivity index (χ0) is 12.3. The molecule has 0 saturated carbocycles. The van der Waals surface area contributed by atoms with Gasteiger partial charge in [0.25, 0.3) is 0 Å². The van der Waals surface area contributed by atoms with Crippen LogP contribution in [0.3, 0.4) is 0 Å². The number of thiazole rings is 1. The van der Waals surface area contributed by atoms with Crippen molar-refractivity contribution in [2.24, 2.45) is 0 Å². The monoisotopic (exact) mass is 330 g/mol. The molecule has 2 aromatic heterocycles. The molecule has 2 rings (SSSR count). The number of halogens is 1. The average molecular weight is 331 g/mol. The minimum absolute atomic E-state index is 0.945. The number of hydrogen-bond donors (Lipinski definition) is 1. The first-order valence-electron chi connectivity index (χ1n) is 5.51. The van der Waals surface area contributed by atoms with Crippen molar-refractivity contribution in [3.8, 4) is 0 Å². The summed E-state index contributed by atoms with van der Waals surface area (Å²) in [6, 6.07) is 2.19. The van der Waals surface area contributed by atoms with Crippen molar-refractivity contribution in [2.45, 2.75) is 26.8 Å². The van der Waals surface area contributed by atoms with E-state index in [1.165, 1.54) is 19.9 Å². The van der Waals surface area contributed by atoms with Crippen molar-refractivity contribution in [2.75, 3.05) is 6.54 Å². The maximum Gasteiger partial charge on any atom is 0.0897 e. The number of nitrogens with zero attached hydrogens (tertiary/aromatic N) is 1. The number of aryl methyl sites for hydroxylation is 2. The zero-order valence-electron chi connectivity index (χ0n) is 9.92. The Hall–Kier alpha value is -0.230. The molecule has 2 nitrogen and oxygen atoms in total. The summed E-state index contributed by atoms with van der Waals surface area (Å²) in [6.45, 7) is 6.11. The quantitative estimate of drug-likeness (QED) is 0.840. The molecule has 0 radical (unpaired) electrons. The maximum atomic E-state index is 4.45. The molecule has 0 saturated heterocycles. The highest BCUT2D eigenvalue weighted by Crippen LogP contribution is 2.26. The fraction of sp³-hybridized carbons (Fsp3) is 0.417. The Morgan fingerprint density at radius 1 is 1.41 bits per heavy atom. The number of rotatable bonds is 5. The molecule has 92 valence electrons. The topological polar surface area (TPSA) is 24.9 Å². The molecule has 17 heavy (non-hydrogen) atoms. The Morgan fingerprint density at radius 3 is 2.82 bits per heavy atom. The van der Waals surface area contributed by atoms with E-state index in [2.05, 4.69) is 44.6 Å². The first-order valence-corrected chi connectivity index (χ1v) is 8.00. The van der Waals surface area contributed by atoms with Crippen LogP contribution in [0.15, 0.2) is 15.9 Å². The molecular formula is C12H15BrN2S2. The van der Waals surface area contributed by atoms with Crippen LogP contribution in [0.25, 0.3) is 0 Å². The van der Waals surface area contributed by atoms with Gasteiger partial charge in [-0.05, 0) is 35.8 Å². The second-order valence-electron chi connectivity index (χ2n) is 3.90. The Morgan fingerprint density at radius 2 is 2.24 bits per heavy atom. The van der Waals surface area contributed by atoms with Gasteiger partial charge in [-0.15, -0.1) is 22.7 Å². The predicted octanol–water partition coefficient (Wildman–Crippen LogP) is 3.92. The van der Waals surface area contributed by atoms with E-state index in [9.17, 15) is 0 Å². The lowest BCUT2D eigenvalue weighted by Gasteiger charge is -2.00. The van der Waals surface area contributed by atoms with Crippen LogP contribution in [0.2, 0.25) is 0 Å². The molecule has 0 aliphatic heterocycles. The molecule has 1 N–H and O–H groups in total. The highest BCUT2D eigenvalue weighted by molar-refractivity contribution is 9.10. The summed E-state index contributed by atoms with van der Waals surface area (Å²) >= 11 is 7.10. The predicted molar refractivity (Wildman–Crippen MR) is 79.0 cm³/mol. The van der Waals surface area contributed by atoms with Gasteiger partial charge in [-0.3, -0.25) is 0 Å². The van der Waals surface area contributed by atoms with Crippen molar-refractivity contribution < 1.29 is 0 Å². The van der Waals surface area contributed by atoms with Gasteiger partial charge < -0.3 is 5.32 Å². The van der Waals surface area contributed by atoms with Gasteiger partial charge in [-0.2, -0.15) is 0 Å². The molecule has 0 atom stereocenters. The first kappa shape index (κ1) is 13.2. The summed E-state index contributed by atoms with van der Waals surface area (Å²) < 4.78 is 1.22. The number of thiophene rings is 1. The Bertz CT molecular complexity index is 471. The van der Waals surface area contributed by atoms with Gasteiger partial charge in [0.2, 0.25) is 0 Å². The van der Waals surface area contributed by atoms with Gasteiger partial charge >= 0.3 is 0 Å². The third-order valence-corrected chi connectivity index (χ3v) is 5.39. The lowest BCUT2D eigenvalue weighted by molar-refractivity contribution is 0.687. The summed E-state index contributed by atoms with van der Waals surface area (Å²) in [5.41, 5.74) is 1.20. The second kappa shape index (κ2) is 6.09. The summed E-state index contributed by atoms with van der Waals surface area (Å²) in [6.07, 6.45) is 1.01. The van der Waals surface area contributed by atoms with Gasteiger partial charge in [0.1, 0.15) is 0 Å². The first-order chi connectivity index (χ1) is 8.15. The van der Waals surface area contributed by atoms with Gasteiger partial charge in [0.05, 0.1) is 10.7 Å². The smallest absolute Gasteiger partial charge is 0.0897 e. The number of hydrogen-bond acceptors (Lipinski definition) is 4. The molecule has 0 aromatic carbocycles. The lowest BCUT2D eigenvalue weighted by atomic mass is 10.3. The standard InChI is InChI=1S/C12H15BrN2S2/c1-8-12(13)5-11(17-8)6-14-4-3-10-7-16-9(2)15-10/h5,7,14H,3-4,6H2,1-2H3. The highest BCUT2D eigenvalue weighted by atomic mass is 79.9. The maximum absolute atomic E-state index is 4.45. The molecule has 2 heterocycles. The number of aromatic nitrogens is 1. The molecule has 0 spiro atoms. The third kappa shape index (κ3) is 3.88. The molecule has 2 aromatic rings. The van der Waals surface area contributed by atoms with Crippen molar-refractivity contribution in [3.63, 3.8) is 0 Å². The van der Waals surface area contributed by atoms with E-state index in [4.69, 9.17) is 0 Å². The minimum atomic E-state index is 0.945. The molecule has 0 aliphatic rings. The van der Waals surface area contributed by atoms with E-state index in [1.807, 2.05) is 18.3 Å². The molecule has 0 bridgehead atoms. The van der Waals surface area contributed by atoms with Crippen molar-refractivity contribution in [3.05, 3.63) is 36.4 Å². The van der Waals surface area contributed by atoms with Crippen LogP contribution >= 0.6 is 38.6 Å². The van der Waals surface area contributed by atoms with Gasteiger partial charge in [0, 0.05) is 39.1 Å². The van der Waals surface area contributed by atoms with E-state index in [1.54, 1.807) is 11.3 Å². The highest BCUT2D eigenvalue weighted by Gasteiger charge is 2.02. The molecule has 0 amide bonds. The van der Waals surface area contributed by atoms with Gasteiger partial charge in [-0.1, -0.05) is 0 Å². The fourth-order valence-electron chi connectivity index (χ4n) is 1.56. The zero-order valence-corrected chi connectivity index (χ0v) is 13.1. The van der Waals surface area contributed by atoms with Crippen LogP contribution in [0.5, 0.6) is 0 Å². The molecule has 0 aliphatic carbocycles. The van der Waals surface area contributed by atoms with Crippen LogP contribution in [0.1, 0.15) is 20.5 Å². The third-order valence-electron chi connectivity index (χ3n) is 2.43. The Labute approximate surface area is 118 Å². The van der Waals surface area contributed by atoms with Crippen LogP contribution in [-0.4, -0.2) is 11.5 Å². The van der Waals surface area contributed by atoms with E-state index in [0.717, 1.165) is 24.5 Å². The van der Waals surface area contributed by atoms with Crippen molar-refractivity contribution in [1.82, 2.24) is 10.3 Å². The largest absolute Gasteiger partial charge is 0.311 e. The van der Waals surface area contributed by atoms with Crippen molar-refractivity contribution in [1.29, 1.82) is 0 Å². The Balaban J connectivity index is 1.73. The van der Waals surface area contributed by atoms with E-state index >= 15 is 0 Å². The van der Waals surface area contributed by atoms with Gasteiger partial charge in [-0.25, -0.2) is 4.98 Å². The van der Waals surface area contributed by atoms with E-state index in [0.29, 0.717) is 0 Å². The second-order valence-corrected chi connectivity index (χ2v) is 7.16. The summed E-state index contributed by atoms with van der Waals surface area (Å²) in [5, 5.41) is 6.75. The molecule has 5 heteroatoms. The minimum Gasteiger partial charge on any atom is -0.311 e. The van der Waals surface area contributed by atoms with Crippen LogP contribution in [-0.2, 0) is 13.0 Å². The van der Waals surface area contributed by atoms with E-state index < -0.39 is 0 Å². The molecule has 0 fully saturated rings. The number of nitrogens with one attached hydrogen (secondary N) is 1. The average Bonchev–Trinajstić information content (AvgIpc) is 2.82. The van der Waals surface area contributed by atoms with Crippen LogP contribution in [0.4, 0.5) is 0 Å². The van der Waals surface area contributed by atoms with Crippen LogP contribution in [0, 0.1) is 13.8 Å².